The summed E-state index contributed by atoms with van der Waals surface area (Å²) in [6.07, 6.45) is 2.19. The Bertz CT molecular complexity index is 558. The van der Waals surface area contributed by atoms with Gasteiger partial charge in [-0.2, -0.15) is 0 Å². The van der Waals surface area contributed by atoms with Crippen LogP contribution < -0.4 is 4.74 Å². The Labute approximate surface area is 158 Å². The Morgan fingerprint density at radius 1 is 1.23 bits per heavy atom. The molecule has 1 aromatic carbocycles. The normalized spacial score (nSPS) is 23.9. The minimum Gasteiger partial charge on any atom is -0.492 e. The molecule has 0 aromatic heterocycles. The lowest BCUT2D eigenvalue weighted by Crippen LogP contribution is -2.44. The molecule has 2 aliphatic heterocycles. The van der Waals surface area contributed by atoms with Crippen LogP contribution in [0.15, 0.2) is 24.3 Å². The zero-order chi connectivity index (χ0) is 18.4. The van der Waals surface area contributed by atoms with E-state index < -0.39 is 0 Å². The highest BCUT2D eigenvalue weighted by molar-refractivity contribution is 5.28. The summed E-state index contributed by atoms with van der Waals surface area (Å²) in [7, 11) is 2.22. The van der Waals surface area contributed by atoms with Crippen molar-refractivity contribution in [1.82, 2.24) is 9.80 Å². The predicted molar refractivity (Wildman–Crippen MR) is 104 cm³/mol. The van der Waals surface area contributed by atoms with Crippen molar-refractivity contribution in [2.45, 2.75) is 44.9 Å². The number of benzene rings is 1. The van der Waals surface area contributed by atoms with Gasteiger partial charge in [0.05, 0.1) is 18.8 Å². The molecular formula is C21H34N2O3. The first-order chi connectivity index (χ1) is 12.5. The number of morpholine rings is 1. The number of hydrogen-bond acceptors (Lipinski definition) is 5. The van der Waals surface area contributed by atoms with Crippen LogP contribution in [0.2, 0.25) is 0 Å². The fourth-order valence-electron chi connectivity index (χ4n) is 3.84. The standard InChI is InChI=1S/C21H34N2O3/c1-21(2)16-19(7-11-26-21)22(3)17-18-5-4-6-20(15-18)25-14-10-23-8-12-24-13-9-23/h4-6,15,19H,7-14,16-17H2,1-3H3. The van der Waals surface area contributed by atoms with E-state index in [0.717, 1.165) is 71.2 Å². The maximum Gasteiger partial charge on any atom is 0.119 e. The zero-order valence-corrected chi connectivity index (χ0v) is 16.6. The molecular weight excluding hydrogens is 328 g/mol. The van der Waals surface area contributed by atoms with Gasteiger partial charge in [-0.1, -0.05) is 12.1 Å². The van der Waals surface area contributed by atoms with E-state index in [1.807, 2.05) is 0 Å². The van der Waals surface area contributed by atoms with Gasteiger partial charge in [0.2, 0.25) is 0 Å². The van der Waals surface area contributed by atoms with Crippen LogP contribution in [0.1, 0.15) is 32.3 Å². The third-order valence-corrected chi connectivity index (χ3v) is 5.40. The van der Waals surface area contributed by atoms with Crippen LogP contribution >= 0.6 is 0 Å². The van der Waals surface area contributed by atoms with Crippen molar-refractivity contribution >= 4 is 0 Å². The minimum absolute atomic E-state index is 0.0123. The summed E-state index contributed by atoms with van der Waals surface area (Å²) in [4.78, 5) is 4.85. The second-order valence-electron chi connectivity index (χ2n) is 8.12. The average Bonchev–Trinajstić information content (AvgIpc) is 2.62. The maximum atomic E-state index is 5.99. The molecule has 5 heteroatoms. The molecule has 2 aliphatic rings. The fraction of sp³-hybridized carbons (Fsp3) is 0.714. The van der Waals surface area contributed by atoms with Gasteiger partial charge in [-0.3, -0.25) is 9.80 Å². The molecule has 1 atom stereocenters. The molecule has 0 saturated carbocycles. The summed E-state index contributed by atoms with van der Waals surface area (Å²) in [6, 6.07) is 9.10. The molecule has 5 nitrogen and oxygen atoms in total. The van der Waals surface area contributed by atoms with Gasteiger partial charge in [0.1, 0.15) is 12.4 Å². The van der Waals surface area contributed by atoms with Crippen LogP contribution in [0.25, 0.3) is 0 Å². The van der Waals surface area contributed by atoms with Gasteiger partial charge < -0.3 is 14.2 Å². The number of ether oxygens (including phenoxy) is 3. The molecule has 26 heavy (non-hydrogen) atoms. The smallest absolute Gasteiger partial charge is 0.119 e. The van der Waals surface area contributed by atoms with Crippen molar-refractivity contribution in [2.75, 3.05) is 53.1 Å². The fourth-order valence-corrected chi connectivity index (χ4v) is 3.84. The summed E-state index contributed by atoms with van der Waals surface area (Å²) in [5.41, 5.74) is 1.29. The molecule has 2 saturated heterocycles. The maximum absolute atomic E-state index is 5.99. The first kappa shape index (κ1) is 19.6. The Morgan fingerprint density at radius 3 is 2.81 bits per heavy atom. The third-order valence-electron chi connectivity index (χ3n) is 5.40. The lowest BCUT2D eigenvalue weighted by atomic mass is 9.93. The minimum atomic E-state index is -0.0123. The van der Waals surface area contributed by atoms with E-state index in [0.29, 0.717) is 6.04 Å². The van der Waals surface area contributed by atoms with E-state index in [1.54, 1.807) is 0 Å². The van der Waals surface area contributed by atoms with Crippen LogP contribution in [0.3, 0.4) is 0 Å². The highest BCUT2D eigenvalue weighted by atomic mass is 16.5. The van der Waals surface area contributed by atoms with Crippen molar-refractivity contribution in [3.63, 3.8) is 0 Å². The third kappa shape index (κ3) is 5.95. The predicted octanol–water partition coefficient (Wildman–Crippen LogP) is 2.79. The van der Waals surface area contributed by atoms with Gasteiger partial charge in [0, 0.05) is 38.8 Å². The van der Waals surface area contributed by atoms with E-state index in [-0.39, 0.29) is 5.60 Å². The van der Waals surface area contributed by atoms with Crippen LogP contribution in [0, 0.1) is 0 Å². The van der Waals surface area contributed by atoms with E-state index in [4.69, 9.17) is 14.2 Å². The summed E-state index contributed by atoms with van der Waals surface area (Å²) in [5.74, 6) is 0.969. The number of nitrogens with zero attached hydrogens (tertiary/aromatic N) is 2. The van der Waals surface area contributed by atoms with Crippen molar-refractivity contribution in [1.29, 1.82) is 0 Å². The molecule has 1 aromatic rings. The molecule has 1 unspecified atom stereocenters. The molecule has 0 bridgehead atoms. The Hall–Kier alpha value is -1.14. The van der Waals surface area contributed by atoms with Crippen LogP contribution in [0.5, 0.6) is 5.75 Å². The van der Waals surface area contributed by atoms with Gasteiger partial charge in [0.25, 0.3) is 0 Å². The molecule has 0 aliphatic carbocycles. The molecule has 0 N–H and O–H groups in total. The summed E-state index contributed by atoms with van der Waals surface area (Å²) < 4.78 is 17.2. The van der Waals surface area contributed by atoms with Crippen LogP contribution in [0.4, 0.5) is 0 Å². The van der Waals surface area contributed by atoms with E-state index in [1.165, 1.54) is 5.56 Å². The summed E-state index contributed by atoms with van der Waals surface area (Å²) in [6.45, 7) is 11.6. The monoisotopic (exact) mass is 362 g/mol. The molecule has 3 rings (SSSR count). The van der Waals surface area contributed by atoms with Crippen molar-refractivity contribution in [2.24, 2.45) is 0 Å². The largest absolute Gasteiger partial charge is 0.492 e. The van der Waals surface area contributed by atoms with Gasteiger partial charge >= 0.3 is 0 Å². The second kappa shape index (κ2) is 9.18. The van der Waals surface area contributed by atoms with Gasteiger partial charge in [-0.15, -0.1) is 0 Å². The van der Waals surface area contributed by atoms with Gasteiger partial charge in [0.15, 0.2) is 0 Å². The SMILES string of the molecule is CN(Cc1cccc(OCCN2CCOCC2)c1)C1CCOC(C)(C)C1. The second-order valence-corrected chi connectivity index (χ2v) is 8.12. The quantitative estimate of drug-likeness (QED) is 0.745. The first-order valence-corrected chi connectivity index (χ1v) is 9.88. The molecule has 2 heterocycles. The first-order valence-electron chi connectivity index (χ1n) is 9.88. The lowest BCUT2D eigenvalue weighted by molar-refractivity contribution is -0.0809. The van der Waals surface area contributed by atoms with E-state index in [9.17, 15) is 0 Å². The topological polar surface area (TPSA) is 34.2 Å². The van der Waals surface area contributed by atoms with Crippen molar-refractivity contribution in [3.05, 3.63) is 29.8 Å². The Kier molecular flexibility index (Phi) is 6.92. The molecule has 2 fully saturated rings. The Balaban J connectivity index is 1.47. The highest BCUT2D eigenvalue weighted by Crippen LogP contribution is 2.27. The molecule has 0 spiro atoms. The van der Waals surface area contributed by atoms with Gasteiger partial charge in [-0.05, 0) is 51.4 Å². The molecule has 0 radical (unpaired) electrons. The highest BCUT2D eigenvalue weighted by Gasteiger charge is 2.30. The Morgan fingerprint density at radius 2 is 2.04 bits per heavy atom. The molecule has 0 amide bonds. The van der Waals surface area contributed by atoms with Crippen molar-refractivity contribution in [3.8, 4) is 5.75 Å². The van der Waals surface area contributed by atoms with E-state index >= 15 is 0 Å². The number of hydrogen-bond donors (Lipinski definition) is 0. The zero-order valence-electron chi connectivity index (χ0n) is 16.6. The molecule has 146 valence electrons. The summed E-state index contributed by atoms with van der Waals surface area (Å²) in [5, 5.41) is 0. The van der Waals surface area contributed by atoms with Crippen LogP contribution in [-0.4, -0.2) is 74.6 Å². The van der Waals surface area contributed by atoms with E-state index in [2.05, 4.69) is 55.0 Å². The lowest BCUT2D eigenvalue weighted by Gasteiger charge is -2.39. The van der Waals surface area contributed by atoms with Gasteiger partial charge in [-0.25, -0.2) is 0 Å². The average molecular weight is 363 g/mol. The van der Waals surface area contributed by atoms with Crippen molar-refractivity contribution < 1.29 is 14.2 Å². The number of rotatable bonds is 7. The van der Waals surface area contributed by atoms with Crippen LogP contribution in [-0.2, 0) is 16.0 Å². The summed E-state index contributed by atoms with van der Waals surface area (Å²) >= 11 is 0.